The second-order valence-corrected chi connectivity index (χ2v) is 5.10. The average molecular weight is 253 g/mol. The number of hydrogen-bond acceptors (Lipinski definition) is 1. The molecule has 0 amide bonds. The van der Waals surface area contributed by atoms with E-state index < -0.39 is 0 Å². The van der Waals surface area contributed by atoms with Crippen LogP contribution in [0.15, 0.2) is 36.5 Å². The first kappa shape index (κ1) is 12.0. The van der Waals surface area contributed by atoms with Gasteiger partial charge in [0.2, 0.25) is 0 Å². The van der Waals surface area contributed by atoms with Crippen molar-refractivity contribution in [3.8, 4) is 0 Å². The van der Waals surface area contributed by atoms with Gasteiger partial charge in [0, 0.05) is 18.3 Å². The molecule has 3 nitrogen and oxygen atoms in total. The van der Waals surface area contributed by atoms with E-state index in [1.165, 1.54) is 22.2 Å². The highest BCUT2D eigenvalue weighted by atomic mass is 15.3. The quantitative estimate of drug-likeness (QED) is 0.700. The van der Waals surface area contributed by atoms with Gasteiger partial charge >= 0.3 is 0 Å². The lowest BCUT2D eigenvalue weighted by Gasteiger charge is -2.08. The van der Waals surface area contributed by atoms with Gasteiger partial charge < -0.3 is 4.57 Å². The molecule has 0 aliphatic rings. The largest absolute Gasteiger partial charge is 0.341 e. The topological polar surface area (TPSA) is 22.8 Å². The second kappa shape index (κ2) is 4.57. The summed E-state index contributed by atoms with van der Waals surface area (Å²) in [5.41, 5.74) is 4.94. The van der Waals surface area contributed by atoms with Gasteiger partial charge in [0.05, 0.1) is 17.9 Å². The van der Waals surface area contributed by atoms with Crippen LogP contribution in [0.4, 0.5) is 0 Å². The van der Waals surface area contributed by atoms with E-state index in [9.17, 15) is 0 Å². The maximum atomic E-state index is 4.51. The molecule has 0 fully saturated rings. The van der Waals surface area contributed by atoms with Crippen LogP contribution in [-0.4, -0.2) is 14.3 Å². The Morgan fingerprint density at radius 1 is 1.11 bits per heavy atom. The fourth-order valence-electron chi connectivity index (χ4n) is 2.61. The van der Waals surface area contributed by atoms with E-state index in [0.29, 0.717) is 0 Å². The second-order valence-electron chi connectivity index (χ2n) is 5.10. The van der Waals surface area contributed by atoms with Crippen LogP contribution in [0.3, 0.4) is 0 Å². The Balaban J connectivity index is 2.03. The Morgan fingerprint density at radius 2 is 1.95 bits per heavy atom. The van der Waals surface area contributed by atoms with Crippen molar-refractivity contribution < 1.29 is 0 Å². The molecule has 0 aliphatic carbocycles. The molecule has 0 bridgehead atoms. The van der Waals surface area contributed by atoms with Crippen molar-refractivity contribution in [2.24, 2.45) is 0 Å². The number of aryl methyl sites for hydroxylation is 3. The highest BCUT2D eigenvalue weighted by Crippen LogP contribution is 2.19. The number of benzene rings is 1. The molecule has 0 unspecified atom stereocenters. The molecule has 0 aliphatic heterocycles. The van der Waals surface area contributed by atoms with Gasteiger partial charge in [0.1, 0.15) is 0 Å². The lowest BCUT2D eigenvalue weighted by Crippen LogP contribution is -2.07. The van der Waals surface area contributed by atoms with Gasteiger partial charge in [0.25, 0.3) is 0 Å². The highest BCUT2D eigenvalue weighted by Gasteiger charge is 2.07. The lowest BCUT2D eigenvalue weighted by atomic mass is 10.2. The molecule has 0 atom stereocenters. The molecule has 0 spiro atoms. The molecule has 1 aromatic carbocycles. The Bertz CT molecular complexity index is 719. The number of fused-ring (bicyclic) bond motifs is 1. The lowest BCUT2D eigenvalue weighted by molar-refractivity contribution is 0.602. The van der Waals surface area contributed by atoms with E-state index in [1.807, 2.05) is 6.92 Å². The summed E-state index contributed by atoms with van der Waals surface area (Å²) in [7, 11) is 0. The minimum Gasteiger partial charge on any atom is -0.341 e. The summed E-state index contributed by atoms with van der Waals surface area (Å²) in [5, 5.41) is 5.81. The van der Waals surface area contributed by atoms with Crippen LogP contribution < -0.4 is 0 Å². The summed E-state index contributed by atoms with van der Waals surface area (Å²) in [4.78, 5) is 0. The minimum absolute atomic E-state index is 0.877. The third-order valence-electron chi connectivity index (χ3n) is 3.55. The summed E-state index contributed by atoms with van der Waals surface area (Å²) in [6.07, 6.45) is 2.16. The molecule has 19 heavy (non-hydrogen) atoms. The molecule has 0 saturated carbocycles. The van der Waals surface area contributed by atoms with Gasteiger partial charge in [0.15, 0.2) is 0 Å². The first-order chi connectivity index (χ1) is 9.17. The Morgan fingerprint density at radius 3 is 2.74 bits per heavy atom. The third kappa shape index (κ3) is 2.16. The smallest absolute Gasteiger partial charge is 0.0645 e. The molecule has 2 heterocycles. The molecular formula is C16H19N3. The molecule has 3 rings (SSSR count). The van der Waals surface area contributed by atoms with Gasteiger partial charge in [-0.15, -0.1) is 0 Å². The monoisotopic (exact) mass is 253 g/mol. The van der Waals surface area contributed by atoms with Crippen molar-refractivity contribution in [3.05, 3.63) is 53.5 Å². The molecule has 0 N–H and O–H groups in total. The van der Waals surface area contributed by atoms with E-state index in [0.717, 1.165) is 18.8 Å². The van der Waals surface area contributed by atoms with Gasteiger partial charge in [-0.2, -0.15) is 5.10 Å². The van der Waals surface area contributed by atoms with Gasteiger partial charge in [-0.1, -0.05) is 12.1 Å². The third-order valence-corrected chi connectivity index (χ3v) is 3.55. The predicted molar refractivity (Wildman–Crippen MR) is 78.4 cm³/mol. The first-order valence-corrected chi connectivity index (χ1v) is 6.76. The van der Waals surface area contributed by atoms with Crippen molar-refractivity contribution in [2.45, 2.75) is 33.9 Å². The van der Waals surface area contributed by atoms with Gasteiger partial charge in [-0.25, -0.2) is 0 Å². The molecule has 3 aromatic rings. The zero-order valence-corrected chi connectivity index (χ0v) is 11.7. The van der Waals surface area contributed by atoms with Crippen LogP contribution >= 0.6 is 0 Å². The number of hydrogen-bond donors (Lipinski definition) is 0. The van der Waals surface area contributed by atoms with E-state index in [2.05, 4.69) is 64.7 Å². The summed E-state index contributed by atoms with van der Waals surface area (Å²) in [6, 6.07) is 10.9. The number of nitrogens with zero attached hydrogens (tertiary/aromatic N) is 3. The predicted octanol–water partition coefficient (Wildman–Crippen LogP) is 3.52. The summed E-state index contributed by atoms with van der Waals surface area (Å²) in [5.74, 6) is 0. The summed E-state index contributed by atoms with van der Waals surface area (Å²) in [6.45, 7) is 8.11. The van der Waals surface area contributed by atoms with E-state index in [4.69, 9.17) is 0 Å². The van der Waals surface area contributed by atoms with Crippen LogP contribution in [0, 0.1) is 13.8 Å². The molecule has 98 valence electrons. The first-order valence-electron chi connectivity index (χ1n) is 6.76. The minimum atomic E-state index is 0.877. The normalized spacial score (nSPS) is 11.3. The molecular weight excluding hydrogens is 234 g/mol. The Hall–Kier alpha value is -2.03. The average Bonchev–Trinajstić information content (AvgIpc) is 2.94. The van der Waals surface area contributed by atoms with Crippen molar-refractivity contribution in [1.82, 2.24) is 14.3 Å². The van der Waals surface area contributed by atoms with Crippen LogP contribution in [-0.2, 0) is 13.1 Å². The number of rotatable bonds is 3. The van der Waals surface area contributed by atoms with E-state index in [1.54, 1.807) is 0 Å². The van der Waals surface area contributed by atoms with Crippen LogP contribution in [0.5, 0.6) is 0 Å². The summed E-state index contributed by atoms with van der Waals surface area (Å²) < 4.78 is 4.38. The molecule has 3 heteroatoms. The zero-order valence-electron chi connectivity index (χ0n) is 11.7. The highest BCUT2D eigenvalue weighted by molar-refractivity contribution is 5.80. The fourth-order valence-corrected chi connectivity index (χ4v) is 2.61. The standard InChI is InChI=1S/C16H19N3/c1-4-19-15(10-13(3)17-19)11-18-8-7-14-6-5-12(2)9-16(14)18/h5-10H,4,11H2,1-3H3. The van der Waals surface area contributed by atoms with Gasteiger partial charge in [-0.3, -0.25) is 4.68 Å². The number of aromatic nitrogens is 3. The Labute approximate surface area is 113 Å². The summed E-state index contributed by atoms with van der Waals surface area (Å²) >= 11 is 0. The maximum absolute atomic E-state index is 4.51. The van der Waals surface area contributed by atoms with Crippen LogP contribution in [0.25, 0.3) is 10.9 Å². The van der Waals surface area contributed by atoms with E-state index in [-0.39, 0.29) is 0 Å². The molecule has 0 radical (unpaired) electrons. The van der Waals surface area contributed by atoms with Crippen molar-refractivity contribution >= 4 is 10.9 Å². The zero-order chi connectivity index (χ0) is 13.4. The van der Waals surface area contributed by atoms with E-state index >= 15 is 0 Å². The van der Waals surface area contributed by atoms with Crippen molar-refractivity contribution in [3.63, 3.8) is 0 Å². The van der Waals surface area contributed by atoms with Crippen molar-refractivity contribution in [2.75, 3.05) is 0 Å². The van der Waals surface area contributed by atoms with Gasteiger partial charge in [-0.05, 0) is 49.9 Å². The molecule has 0 saturated heterocycles. The maximum Gasteiger partial charge on any atom is 0.0645 e. The van der Waals surface area contributed by atoms with Crippen molar-refractivity contribution in [1.29, 1.82) is 0 Å². The van der Waals surface area contributed by atoms with Crippen LogP contribution in [0.1, 0.15) is 23.9 Å². The fraction of sp³-hybridized carbons (Fsp3) is 0.312. The van der Waals surface area contributed by atoms with Crippen LogP contribution in [0.2, 0.25) is 0 Å². The SMILES string of the molecule is CCn1nc(C)cc1Cn1ccc2ccc(C)cc21. The Kier molecular flexibility index (Phi) is 2.90. The molecule has 2 aromatic heterocycles.